The number of hydrogen-bond donors (Lipinski definition) is 1. The molecular formula is C12H27N3O2S. The summed E-state index contributed by atoms with van der Waals surface area (Å²) in [5, 5.41) is 3.16. The van der Waals surface area contributed by atoms with Gasteiger partial charge in [0, 0.05) is 31.7 Å². The highest BCUT2D eigenvalue weighted by atomic mass is 32.2. The minimum Gasteiger partial charge on any atom is -0.313 e. The predicted molar refractivity (Wildman–Crippen MR) is 75.2 cm³/mol. The van der Waals surface area contributed by atoms with E-state index < -0.39 is 10.0 Å². The van der Waals surface area contributed by atoms with Gasteiger partial charge in [-0.1, -0.05) is 13.8 Å². The van der Waals surface area contributed by atoms with Gasteiger partial charge in [-0.25, -0.2) is 8.42 Å². The second kappa shape index (κ2) is 6.84. The first-order valence-corrected chi connectivity index (χ1v) is 8.35. The molecule has 1 saturated heterocycles. The van der Waals surface area contributed by atoms with Gasteiger partial charge >= 0.3 is 0 Å². The van der Waals surface area contributed by atoms with E-state index in [1.165, 1.54) is 0 Å². The average molecular weight is 277 g/mol. The molecule has 1 aliphatic rings. The molecule has 1 unspecified atom stereocenters. The molecule has 18 heavy (non-hydrogen) atoms. The number of rotatable bonds is 5. The van der Waals surface area contributed by atoms with Crippen LogP contribution in [0.15, 0.2) is 0 Å². The van der Waals surface area contributed by atoms with Crippen LogP contribution in [0.4, 0.5) is 0 Å². The van der Waals surface area contributed by atoms with Crippen molar-refractivity contribution in [2.75, 3.05) is 39.0 Å². The van der Waals surface area contributed by atoms with Gasteiger partial charge in [0.05, 0.1) is 5.75 Å². The molecule has 108 valence electrons. The summed E-state index contributed by atoms with van der Waals surface area (Å²) >= 11 is 0. The SMILES string of the molecule is CC(C)NCCS(=O)(=O)N1CCCN(C)CC1C. The molecule has 0 spiro atoms. The lowest BCUT2D eigenvalue weighted by Crippen LogP contribution is -2.44. The smallest absolute Gasteiger partial charge is 0.215 e. The van der Waals surface area contributed by atoms with Gasteiger partial charge in [-0.05, 0) is 26.9 Å². The van der Waals surface area contributed by atoms with Crippen molar-refractivity contribution in [1.82, 2.24) is 14.5 Å². The average Bonchev–Trinajstić information content (AvgIpc) is 2.38. The molecule has 0 aliphatic carbocycles. The van der Waals surface area contributed by atoms with Crippen LogP contribution in [0.3, 0.4) is 0 Å². The first-order valence-electron chi connectivity index (χ1n) is 6.74. The fourth-order valence-electron chi connectivity index (χ4n) is 2.36. The van der Waals surface area contributed by atoms with Gasteiger partial charge < -0.3 is 10.2 Å². The van der Waals surface area contributed by atoms with Crippen LogP contribution >= 0.6 is 0 Å². The van der Waals surface area contributed by atoms with Crippen molar-refractivity contribution in [1.29, 1.82) is 0 Å². The van der Waals surface area contributed by atoms with Gasteiger partial charge in [0.1, 0.15) is 0 Å². The van der Waals surface area contributed by atoms with E-state index in [9.17, 15) is 8.42 Å². The topological polar surface area (TPSA) is 52.7 Å². The highest BCUT2D eigenvalue weighted by Gasteiger charge is 2.29. The minimum absolute atomic E-state index is 0.0709. The molecule has 5 nitrogen and oxygen atoms in total. The Hall–Kier alpha value is -0.170. The molecule has 1 heterocycles. The lowest BCUT2D eigenvalue weighted by molar-refractivity contribution is 0.290. The van der Waals surface area contributed by atoms with Crippen LogP contribution in [-0.2, 0) is 10.0 Å². The normalized spacial score (nSPS) is 24.4. The van der Waals surface area contributed by atoms with E-state index >= 15 is 0 Å². The molecule has 0 bridgehead atoms. The highest BCUT2D eigenvalue weighted by Crippen LogP contribution is 2.13. The Bertz CT molecular complexity index is 343. The highest BCUT2D eigenvalue weighted by molar-refractivity contribution is 7.89. The number of sulfonamides is 1. The van der Waals surface area contributed by atoms with Crippen molar-refractivity contribution in [3.8, 4) is 0 Å². The molecule has 1 aliphatic heterocycles. The van der Waals surface area contributed by atoms with E-state index in [1.807, 2.05) is 27.8 Å². The summed E-state index contributed by atoms with van der Waals surface area (Å²) in [6.45, 7) is 9.01. The number of nitrogens with one attached hydrogen (secondary N) is 1. The van der Waals surface area contributed by atoms with Crippen LogP contribution < -0.4 is 5.32 Å². The molecule has 1 rings (SSSR count). The standard InChI is InChI=1S/C12H27N3O2S/c1-11(2)13-6-9-18(16,17)15-8-5-7-14(4)10-12(15)3/h11-13H,5-10H2,1-4H3. The van der Waals surface area contributed by atoms with E-state index in [0.717, 1.165) is 19.5 Å². The second-order valence-electron chi connectivity index (χ2n) is 5.50. The van der Waals surface area contributed by atoms with Crippen molar-refractivity contribution in [2.45, 2.75) is 39.3 Å². The zero-order chi connectivity index (χ0) is 13.8. The van der Waals surface area contributed by atoms with Gasteiger partial charge in [0.2, 0.25) is 10.0 Å². The van der Waals surface area contributed by atoms with Crippen LogP contribution in [-0.4, -0.2) is 68.7 Å². The van der Waals surface area contributed by atoms with Crippen molar-refractivity contribution in [2.24, 2.45) is 0 Å². The summed E-state index contributed by atoms with van der Waals surface area (Å²) in [6, 6.07) is 0.398. The maximum Gasteiger partial charge on any atom is 0.215 e. The first-order chi connectivity index (χ1) is 8.33. The summed E-state index contributed by atoms with van der Waals surface area (Å²) in [7, 11) is -1.08. The Balaban J connectivity index is 2.59. The Morgan fingerprint density at radius 1 is 1.33 bits per heavy atom. The fraction of sp³-hybridized carbons (Fsp3) is 1.00. The molecule has 0 aromatic carbocycles. The Labute approximate surface area is 112 Å². The number of likely N-dealkylation sites (N-methyl/N-ethyl adjacent to an activating group) is 1. The lowest BCUT2D eigenvalue weighted by Gasteiger charge is -2.27. The molecule has 0 radical (unpaired) electrons. The summed E-state index contributed by atoms with van der Waals surface area (Å²) in [5.41, 5.74) is 0. The number of nitrogens with zero attached hydrogens (tertiary/aromatic N) is 2. The van der Waals surface area contributed by atoms with E-state index in [2.05, 4.69) is 10.2 Å². The molecule has 0 aromatic rings. The van der Waals surface area contributed by atoms with Crippen LogP contribution in [0, 0.1) is 0 Å². The van der Waals surface area contributed by atoms with Crippen LogP contribution in [0.25, 0.3) is 0 Å². The molecule has 0 aromatic heterocycles. The molecule has 0 amide bonds. The second-order valence-corrected chi connectivity index (χ2v) is 7.54. The maximum absolute atomic E-state index is 12.3. The molecule has 0 saturated carbocycles. The van der Waals surface area contributed by atoms with Gasteiger partial charge in [0.15, 0.2) is 0 Å². The molecule has 1 N–H and O–H groups in total. The van der Waals surface area contributed by atoms with Gasteiger partial charge in [-0.3, -0.25) is 0 Å². The lowest BCUT2D eigenvalue weighted by atomic mass is 10.3. The summed E-state index contributed by atoms with van der Waals surface area (Å²) in [4.78, 5) is 2.20. The van der Waals surface area contributed by atoms with Gasteiger partial charge in [0.25, 0.3) is 0 Å². The van der Waals surface area contributed by atoms with E-state index in [0.29, 0.717) is 19.1 Å². The van der Waals surface area contributed by atoms with E-state index in [4.69, 9.17) is 0 Å². The molecular weight excluding hydrogens is 250 g/mol. The maximum atomic E-state index is 12.3. The first kappa shape index (κ1) is 15.9. The van der Waals surface area contributed by atoms with E-state index in [-0.39, 0.29) is 11.8 Å². The quantitative estimate of drug-likeness (QED) is 0.787. The van der Waals surface area contributed by atoms with Crippen molar-refractivity contribution in [3.63, 3.8) is 0 Å². The van der Waals surface area contributed by atoms with Crippen LogP contribution in [0.2, 0.25) is 0 Å². The molecule has 6 heteroatoms. The largest absolute Gasteiger partial charge is 0.313 e. The summed E-state index contributed by atoms with van der Waals surface area (Å²) in [5.74, 6) is 0.194. The zero-order valence-electron chi connectivity index (χ0n) is 12.0. The Morgan fingerprint density at radius 3 is 2.61 bits per heavy atom. The monoisotopic (exact) mass is 277 g/mol. The predicted octanol–water partition coefficient (Wildman–Crippen LogP) is 0.340. The minimum atomic E-state index is -3.13. The Morgan fingerprint density at radius 2 is 2.00 bits per heavy atom. The molecule has 1 fully saturated rings. The van der Waals surface area contributed by atoms with Crippen molar-refractivity contribution >= 4 is 10.0 Å². The zero-order valence-corrected chi connectivity index (χ0v) is 12.8. The van der Waals surface area contributed by atoms with Crippen molar-refractivity contribution < 1.29 is 8.42 Å². The summed E-state index contributed by atoms with van der Waals surface area (Å²) < 4.78 is 26.3. The third-order valence-electron chi connectivity index (χ3n) is 3.26. The van der Waals surface area contributed by atoms with Crippen LogP contribution in [0.5, 0.6) is 0 Å². The Kier molecular flexibility index (Phi) is 6.04. The van der Waals surface area contributed by atoms with Gasteiger partial charge in [-0.15, -0.1) is 0 Å². The van der Waals surface area contributed by atoms with Gasteiger partial charge in [-0.2, -0.15) is 4.31 Å². The third-order valence-corrected chi connectivity index (χ3v) is 5.23. The third kappa shape index (κ3) is 4.84. The fourth-order valence-corrected chi connectivity index (χ4v) is 3.99. The van der Waals surface area contributed by atoms with E-state index in [1.54, 1.807) is 4.31 Å². The van der Waals surface area contributed by atoms with Crippen molar-refractivity contribution in [3.05, 3.63) is 0 Å². The summed E-state index contributed by atoms with van der Waals surface area (Å²) in [6.07, 6.45) is 0.914. The number of hydrogen-bond acceptors (Lipinski definition) is 4. The van der Waals surface area contributed by atoms with Crippen LogP contribution in [0.1, 0.15) is 27.2 Å². The molecule has 1 atom stereocenters.